The molecular formula is C20H25N3O4. The fourth-order valence-corrected chi connectivity index (χ4v) is 3.50. The van der Waals surface area contributed by atoms with Crippen LogP contribution in [0, 0.1) is 0 Å². The molecule has 2 saturated carbocycles. The van der Waals surface area contributed by atoms with Gasteiger partial charge in [0, 0.05) is 29.6 Å². The second kappa shape index (κ2) is 7.60. The van der Waals surface area contributed by atoms with E-state index in [0.29, 0.717) is 25.6 Å². The van der Waals surface area contributed by atoms with Gasteiger partial charge in [0.25, 0.3) is 0 Å². The number of carbonyl (C=O) groups excluding carboxylic acids is 1. The molecule has 7 heteroatoms. The third kappa shape index (κ3) is 4.08. The maximum absolute atomic E-state index is 12.4. The summed E-state index contributed by atoms with van der Waals surface area (Å²) in [4.78, 5) is 28.4. The Bertz CT molecular complexity index is 877. The molecule has 27 heavy (non-hydrogen) atoms. The molecule has 0 radical (unpaired) electrons. The van der Waals surface area contributed by atoms with E-state index in [1.54, 1.807) is 6.07 Å². The minimum absolute atomic E-state index is 0.0159. The molecule has 2 atom stereocenters. The molecule has 144 valence electrons. The summed E-state index contributed by atoms with van der Waals surface area (Å²) in [5.41, 5.74) is 0.655. The van der Waals surface area contributed by atoms with Crippen LogP contribution in [0.5, 0.6) is 5.75 Å². The van der Waals surface area contributed by atoms with Gasteiger partial charge >= 0.3 is 6.03 Å². The molecule has 2 unspecified atom stereocenters. The molecule has 1 aromatic heterocycles. The standard InChI is InChI=1S/C20H25N3O4/c24-18-8-7-17(18)23(14-3-4-14)20(26)21-10-1-11-27-15-5-6-16-13(12-15)2-9-19(25)22-16/h2,5-6,9,12,14,17-18,24H,1,3-4,7-8,10-11H2,(H,21,26)(H,22,25). The van der Waals surface area contributed by atoms with Crippen molar-refractivity contribution in [3.05, 3.63) is 40.7 Å². The number of aliphatic hydroxyl groups is 1. The summed E-state index contributed by atoms with van der Waals surface area (Å²) in [6, 6.07) is 9.00. The minimum atomic E-state index is -0.373. The van der Waals surface area contributed by atoms with Crippen molar-refractivity contribution in [3.8, 4) is 5.75 Å². The molecule has 0 spiro atoms. The van der Waals surface area contributed by atoms with Crippen LogP contribution in [0.3, 0.4) is 0 Å². The van der Waals surface area contributed by atoms with Gasteiger partial charge in [-0.2, -0.15) is 0 Å². The highest BCUT2D eigenvalue weighted by atomic mass is 16.5. The summed E-state index contributed by atoms with van der Waals surface area (Å²) in [5.74, 6) is 0.734. The highest BCUT2D eigenvalue weighted by Crippen LogP contribution is 2.35. The van der Waals surface area contributed by atoms with Crippen molar-refractivity contribution >= 4 is 16.9 Å². The monoisotopic (exact) mass is 371 g/mol. The third-order valence-electron chi connectivity index (χ3n) is 5.30. The number of carbonyl (C=O) groups is 1. The maximum atomic E-state index is 12.4. The SMILES string of the molecule is O=C(NCCCOc1ccc2[nH]c(=O)ccc2c1)N(C1CC1)C1CCC1O. The lowest BCUT2D eigenvalue weighted by Crippen LogP contribution is -2.56. The van der Waals surface area contributed by atoms with Crippen LogP contribution < -0.4 is 15.6 Å². The summed E-state index contributed by atoms with van der Waals surface area (Å²) in [5, 5.41) is 13.7. The van der Waals surface area contributed by atoms with Crippen LogP contribution in [0.15, 0.2) is 35.1 Å². The molecule has 2 aromatic rings. The van der Waals surface area contributed by atoms with E-state index in [1.165, 1.54) is 6.07 Å². The van der Waals surface area contributed by atoms with Crippen LogP contribution in [0.2, 0.25) is 0 Å². The first-order valence-corrected chi connectivity index (χ1v) is 9.62. The van der Waals surface area contributed by atoms with E-state index in [1.807, 2.05) is 23.1 Å². The van der Waals surface area contributed by atoms with Crippen LogP contribution in [-0.2, 0) is 0 Å². The van der Waals surface area contributed by atoms with E-state index in [9.17, 15) is 14.7 Å². The van der Waals surface area contributed by atoms with Crippen molar-refractivity contribution in [1.82, 2.24) is 15.2 Å². The number of H-pyrrole nitrogens is 1. The summed E-state index contributed by atoms with van der Waals surface area (Å²) < 4.78 is 5.75. The number of aliphatic hydroxyl groups excluding tert-OH is 1. The molecule has 2 fully saturated rings. The van der Waals surface area contributed by atoms with Crippen molar-refractivity contribution < 1.29 is 14.6 Å². The number of nitrogens with one attached hydrogen (secondary N) is 2. The highest BCUT2D eigenvalue weighted by Gasteiger charge is 2.43. The summed E-state index contributed by atoms with van der Waals surface area (Å²) in [7, 11) is 0. The fraction of sp³-hybridized carbons (Fsp3) is 0.500. The van der Waals surface area contributed by atoms with Crippen molar-refractivity contribution in [2.24, 2.45) is 0 Å². The zero-order valence-electron chi connectivity index (χ0n) is 15.2. The predicted molar refractivity (Wildman–Crippen MR) is 102 cm³/mol. The number of pyridine rings is 1. The number of urea groups is 1. The number of aromatic nitrogens is 1. The first-order chi connectivity index (χ1) is 13.1. The molecule has 2 aliphatic carbocycles. The number of ether oxygens (including phenoxy) is 1. The van der Waals surface area contributed by atoms with Gasteiger partial charge in [0.05, 0.1) is 18.8 Å². The van der Waals surface area contributed by atoms with Gasteiger partial charge in [-0.25, -0.2) is 4.79 Å². The lowest BCUT2D eigenvalue weighted by Gasteiger charge is -2.41. The van der Waals surface area contributed by atoms with E-state index in [-0.39, 0.29) is 23.7 Å². The van der Waals surface area contributed by atoms with Gasteiger partial charge in [-0.05, 0) is 56.4 Å². The number of aromatic amines is 1. The van der Waals surface area contributed by atoms with Crippen molar-refractivity contribution in [2.45, 2.75) is 50.3 Å². The zero-order valence-corrected chi connectivity index (χ0v) is 15.2. The Morgan fingerprint density at radius 3 is 2.78 bits per heavy atom. The van der Waals surface area contributed by atoms with E-state index in [2.05, 4.69) is 10.3 Å². The Labute approximate surface area is 157 Å². The second-order valence-corrected chi connectivity index (χ2v) is 7.36. The fourth-order valence-electron chi connectivity index (χ4n) is 3.50. The molecule has 0 bridgehead atoms. The number of hydrogen-bond acceptors (Lipinski definition) is 4. The molecular weight excluding hydrogens is 346 g/mol. The molecule has 0 saturated heterocycles. The van der Waals surface area contributed by atoms with Crippen molar-refractivity contribution in [2.75, 3.05) is 13.2 Å². The predicted octanol–water partition coefficient (Wildman–Crippen LogP) is 1.99. The normalized spacial score (nSPS) is 21.5. The molecule has 0 aliphatic heterocycles. The van der Waals surface area contributed by atoms with Crippen LogP contribution in [0.25, 0.3) is 10.9 Å². The summed E-state index contributed by atoms with van der Waals surface area (Å²) in [6.45, 7) is 1.02. The Balaban J connectivity index is 1.22. The number of rotatable bonds is 7. The third-order valence-corrected chi connectivity index (χ3v) is 5.30. The number of hydrogen-bond donors (Lipinski definition) is 3. The lowest BCUT2D eigenvalue weighted by molar-refractivity contribution is -0.00636. The average Bonchev–Trinajstić information content (AvgIpc) is 3.49. The average molecular weight is 371 g/mol. The van der Waals surface area contributed by atoms with Gasteiger partial charge < -0.3 is 25.0 Å². The Morgan fingerprint density at radius 2 is 2.07 bits per heavy atom. The van der Waals surface area contributed by atoms with Crippen LogP contribution in [0.4, 0.5) is 4.79 Å². The Morgan fingerprint density at radius 1 is 1.22 bits per heavy atom. The molecule has 3 N–H and O–H groups in total. The van der Waals surface area contributed by atoms with Gasteiger partial charge in [0.2, 0.25) is 5.56 Å². The minimum Gasteiger partial charge on any atom is -0.494 e. The maximum Gasteiger partial charge on any atom is 0.317 e. The van der Waals surface area contributed by atoms with Gasteiger partial charge in [-0.15, -0.1) is 0 Å². The molecule has 2 aliphatic rings. The van der Waals surface area contributed by atoms with Crippen molar-refractivity contribution in [1.29, 1.82) is 0 Å². The summed E-state index contributed by atoms with van der Waals surface area (Å²) in [6.07, 6.45) is 4.07. The van der Waals surface area contributed by atoms with E-state index < -0.39 is 0 Å². The Hall–Kier alpha value is -2.54. The van der Waals surface area contributed by atoms with Crippen molar-refractivity contribution in [3.63, 3.8) is 0 Å². The first-order valence-electron chi connectivity index (χ1n) is 9.62. The van der Waals surface area contributed by atoms with Gasteiger partial charge in [0.1, 0.15) is 5.75 Å². The quantitative estimate of drug-likeness (QED) is 0.649. The smallest absolute Gasteiger partial charge is 0.317 e. The van der Waals surface area contributed by atoms with Crippen LogP contribution in [0.1, 0.15) is 32.1 Å². The van der Waals surface area contributed by atoms with Gasteiger partial charge in [-0.3, -0.25) is 4.79 Å². The second-order valence-electron chi connectivity index (χ2n) is 7.36. The zero-order chi connectivity index (χ0) is 18.8. The van der Waals surface area contributed by atoms with E-state index in [0.717, 1.165) is 42.3 Å². The molecule has 2 amide bonds. The largest absolute Gasteiger partial charge is 0.494 e. The number of amides is 2. The topological polar surface area (TPSA) is 94.7 Å². The van der Waals surface area contributed by atoms with E-state index in [4.69, 9.17) is 4.74 Å². The number of benzene rings is 1. The molecule has 7 nitrogen and oxygen atoms in total. The molecule has 4 rings (SSSR count). The molecule has 1 aromatic carbocycles. The number of nitrogens with zero attached hydrogens (tertiary/aromatic N) is 1. The summed E-state index contributed by atoms with van der Waals surface area (Å²) >= 11 is 0. The first kappa shape index (κ1) is 17.9. The number of fused-ring (bicyclic) bond motifs is 1. The highest BCUT2D eigenvalue weighted by molar-refractivity contribution is 5.79. The Kier molecular flexibility index (Phi) is 5.03. The van der Waals surface area contributed by atoms with Gasteiger partial charge in [0.15, 0.2) is 0 Å². The lowest BCUT2D eigenvalue weighted by atomic mass is 9.88. The molecule has 1 heterocycles. The van der Waals surface area contributed by atoms with Gasteiger partial charge in [-0.1, -0.05) is 0 Å². The van der Waals surface area contributed by atoms with Crippen LogP contribution >= 0.6 is 0 Å². The van der Waals surface area contributed by atoms with E-state index >= 15 is 0 Å². The van der Waals surface area contributed by atoms with Crippen LogP contribution in [-0.4, -0.2) is 52.4 Å².